The van der Waals surface area contributed by atoms with Crippen LogP contribution in [0, 0.1) is 5.92 Å². The largest absolute Gasteiger partial charge is 0.394 e. The van der Waals surface area contributed by atoms with E-state index >= 15 is 0 Å². The summed E-state index contributed by atoms with van der Waals surface area (Å²) in [7, 11) is 0. The first kappa shape index (κ1) is 30.4. The molecule has 6 N–H and O–H groups in total. The third-order valence-corrected chi connectivity index (χ3v) is 7.74. The summed E-state index contributed by atoms with van der Waals surface area (Å²) in [5, 5.41) is 40.8. The number of hydrogen-bond acceptors (Lipinski definition) is 10. The van der Waals surface area contributed by atoms with Crippen molar-refractivity contribution in [3.8, 4) is 0 Å². The van der Waals surface area contributed by atoms with E-state index in [0.29, 0.717) is 30.1 Å². The topological polar surface area (TPSA) is 167 Å². The second kappa shape index (κ2) is 13.5. The van der Waals surface area contributed by atoms with Gasteiger partial charge < -0.3 is 36.0 Å². The number of fused-ring (bicyclic) bond motifs is 1. The Labute approximate surface area is 250 Å². The van der Waals surface area contributed by atoms with E-state index in [2.05, 4.69) is 50.2 Å². The number of likely N-dealkylation sites (N-methyl/N-ethyl adjacent to an activating group) is 1. The fraction of sp³-hybridized carbons (Fsp3) is 0.419. The molecule has 1 fully saturated rings. The van der Waals surface area contributed by atoms with Crippen molar-refractivity contribution < 1.29 is 24.9 Å². The molecule has 1 amide bonds. The first-order chi connectivity index (χ1) is 20.8. The number of anilines is 2. The monoisotopic (exact) mass is 589 g/mol. The zero-order chi connectivity index (χ0) is 30.5. The summed E-state index contributed by atoms with van der Waals surface area (Å²) in [6, 6.07) is 20.0. The molecule has 5 atom stereocenters. The number of nitrogens with zero attached hydrogens (tertiary/aromatic N) is 4. The number of ether oxygens (including phenoxy) is 1. The van der Waals surface area contributed by atoms with Crippen molar-refractivity contribution >= 4 is 28.8 Å². The van der Waals surface area contributed by atoms with Crippen molar-refractivity contribution in [2.75, 3.05) is 30.3 Å². The van der Waals surface area contributed by atoms with E-state index in [-0.39, 0.29) is 30.4 Å². The number of aliphatic hydroxyl groups is 3. The predicted molar refractivity (Wildman–Crippen MR) is 162 cm³/mol. The molecule has 1 unspecified atom stereocenters. The molecule has 1 saturated heterocycles. The molecule has 2 aromatic carbocycles. The fourth-order valence-electron chi connectivity index (χ4n) is 5.26. The van der Waals surface area contributed by atoms with Crippen LogP contribution in [0.1, 0.15) is 44.0 Å². The van der Waals surface area contributed by atoms with Gasteiger partial charge in [-0.1, -0.05) is 74.5 Å². The molecule has 228 valence electrons. The molecule has 43 heavy (non-hydrogen) atoms. The Hall–Kier alpha value is -4.10. The van der Waals surface area contributed by atoms with Gasteiger partial charge in [-0.2, -0.15) is 9.97 Å². The Kier molecular flexibility index (Phi) is 9.51. The molecule has 12 heteroatoms. The van der Waals surface area contributed by atoms with E-state index in [1.807, 2.05) is 50.2 Å². The average molecular weight is 590 g/mol. The first-order valence-electron chi connectivity index (χ1n) is 14.6. The van der Waals surface area contributed by atoms with E-state index in [4.69, 9.17) is 9.72 Å². The summed E-state index contributed by atoms with van der Waals surface area (Å²) >= 11 is 0. The second-order valence-electron chi connectivity index (χ2n) is 11.0. The number of carbonyl (C=O) groups is 1. The minimum Gasteiger partial charge on any atom is -0.394 e. The van der Waals surface area contributed by atoms with E-state index in [1.54, 1.807) is 6.92 Å². The van der Waals surface area contributed by atoms with E-state index in [9.17, 15) is 20.1 Å². The maximum atomic E-state index is 12.5. The highest BCUT2D eigenvalue weighted by Gasteiger charge is 2.47. The summed E-state index contributed by atoms with van der Waals surface area (Å²) in [5.74, 6) is 0.250. The lowest BCUT2D eigenvalue weighted by Crippen LogP contribution is -2.42. The van der Waals surface area contributed by atoms with Crippen LogP contribution in [0.25, 0.3) is 11.2 Å². The van der Waals surface area contributed by atoms with Gasteiger partial charge in [0.1, 0.15) is 12.2 Å². The van der Waals surface area contributed by atoms with Gasteiger partial charge in [-0.15, -0.1) is 0 Å². The van der Waals surface area contributed by atoms with Crippen LogP contribution in [0.4, 0.5) is 11.8 Å². The number of carbonyl (C=O) groups excluding carboxylic acids is 1. The third-order valence-electron chi connectivity index (χ3n) is 7.74. The maximum Gasteiger partial charge on any atom is 0.252 e. The Morgan fingerprint density at radius 1 is 1.00 bits per heavy atom. The average Bonchev–Trinajstić information content (AvgIpc) is 3.57. The summed E-state index contributed by atoms with van der Waals surface area (Å²) in [4.78, 5) is 26.4. The number of rotatable bonds is 12. The molecule has 0 bridgehead atoms. The Morgan fingerprint density at radius 3 is 2.23 bits per heavy atom. The zero-order valence-corrected chi connectivity index (χ0v) is 24.5. The highest BCUT2D eigenvalue weighted by Crippen LogP contribution is 2.34. The van der Waals surface area contributed by atoms with Crippen LogP contribution in [-0.4, -0.2) is 84.8 Å². The second-order valence-corrected chi connectivity index (χ2v) is 11.0. The number of benzene rings is 2. The minimum atomic E-state index is -1.44. The Bertz CT molecular complexity index is 1460. The van der Waals surface area contributed by atoms with Gasteiger partial charge in [0.05, 0.1) is 19.0 Å². The Morgan fingerprint density at radius 2 is 1.65 bits per heavy atom. The molecule has 4 aromatic rings. The lowest BCUT2D eigenvalue weighted by atomic mass is 9.91. The van der Waals surface area contributed by atoms with Crippen LogP contribution in [-0.2, 0) is 9.53 Å². The van der Waals surface area contributed by atoms with Crippen LogP contribution in [0.2, 0.25) is 0 Å². The number of aromatic nitrogens is 4. The van der Waals surface area contributed by atoms with Gasteiger partial charge in [0.2, 0.25) is 5.95 Å². The smallest absolute Gasteiger partial charge is 0.252 e. The first-order valence-corrected chi connectivity index (χ1v) is 14.6. The molecular formula is C31H39N7O5. The third kappa shape index (κ3) is 6.47. The highest BCUT2D eigenvalue weighted by atomic mass is 16.6. The molecule has 1 aliphatic rings. The molecule has 0 radical (unpaired) electrons. The SMILES string of the molecule is CCNC(=O)[C@H]1O[C@H](n2cnc3c(NCC(c4ccccc4)c4ccccc4)nc(NC(CO)C(C)C)nc32)[C@H](O)[C@@H]1O. The molecule has 2 aromatic heterocycles. The molecule has 3 heterocycles. The van der Waals surface area contributed by atoms with Crippen LogP contribution < -0.4 is 16.0 Å². The van der Waals surface area contributed by atoms with Gasteiger partial charge in [-0.3, -0.25) is 9.36 Å². The lowest BCUT2D eigenvalue weighted by molar-refractivity contribution is -0.137. The van der Waals surface area contributed by atoms with Crippen LogP contribution in [0.15, 0.2) is 67.0 Å². The molecule has 0 saturated carbocycles. The number of hydrogen-bond donors (Lipinski definition) is 6. The quantitative estimate of drug-likeness (QED) is 0.144. The van der Waals surface area contributed by atoms with Crippen molar-refractivity contribution in [3.63, 3.8) is 0 Å². The van der Waals surface area contributed by atoms with Crippen molar-refractivity contribution in [2.45, 2.75) is 57.3 Å². The zero-order valence-electron chi connectivity index (χ0n) is 24.5. The van der Waals surface area contributed by atoms with Gasteiger partial charge in [0.25, 0.3) is 5.91 Å². The van der Waals surface area contributed by atoms with E-state index < -0.39 is 30.4 Å². The normalized spacial score (nSPS) is 20.9. The van der Waals surface area contributed by atoms with Gasteiger partial charge in [0, 0.05) is 19.0 Å². The van der Waals surface area contributed by atoms with Crippen molar-refractivity contribution in [1.29, 1.82) is 0 Å². The molecule has 12 nitrogen and oxygen atoms in total. The van der Waals surface area contributed by atoms with Crippen LogP contribution in [0.3, 0.4) is 0 Å². The summed E-state index contributed by atoms with van der Waals surface area (Å²) in [6.45, 7) is 6.42. The molecule has 5 rings (SSSR count). The molecule has 0 spiro atoms. The molecule has 1 aliphatic heterocycles. The number of imidazole rings is 1. The van der Waals surface area contributed by atoms with Crippen molar-refractivity contribution in [1.82, 2.24) is 24.8 Å². The van der Waals surface area contributed by atoms with Crippen molar-refractivity contribution in [3.05, 3.63) is 78.1 Å². The van der Waals surface area contributed by atoms with Gasteiger partial charge in [-0.25, -0.2) is 4.98 Å². The van der Waals surface area contributed by atoms with Crippen LogP contribution >= 0.6 is 0 Å². The summed E-state index contributed by atoms with van der Waals surface area (Å²) in [6.07, 6.45) is -3.78. The number of nitrogens with one attached hydrogen (secondary N) is 3. The number of aliphatic hydroxyl groups excluding tert-OH is 3. The maximum absolute atomic E-state index is 12.5. The van der Waals surface area contributed by atoms with E-state index in [1.165, 1.54) is 10.9 Å². The summed E-state index contributed by atoms with van der Waals surface area (Å²) < 4.78 is 7.35. The lowest BCUT2D eigenvalue weighted by Gasteiger charge is -2.22. The summed E-state index contributed by atoms with van der Waals surface area (Å²) in [5.41, 5.74) is 3.00. The van der Waals surface area contributed by atoms with Gasteiger partial charge >= 0.3 is 0 Å². The standard InChI is InChI=1S/C31H39N7O5/c1-4-32-29(42)26-24(40)25(41)30(43-26)38-17-34-23-27(36-31(37-28(23)38)35-22(16-39)18(2)3)33-15-21(19-11-7-5-8-12-19)20-13-9-6-10-14-20/h5-14,17-18,21-22,24-26,30,39-41H,4,15-16H2,1-3H3,(H,32,42)(H2,33,35,36,37)/t22?,24-,25+,26-,30-/m0/s1. The fourth-order valence-corrected chi connectivity index (χ4v) is 5.26. The highest BCUT2D eigenvalue weighted by molar-refractivity contribution is 5.85. The van der Waals surface area contributed by atoms with E-state index in [0.717, 1.165) is 11.1 Å². The van der Waals surface area contributed by atoms with Gasteiger partial charge in [-0.05, 0) is 24.0 Å². The predicted octanol–water partition coefficient (Wildman–Crippen LogP) is 2.25. The van der Waals surface area contributed by atoms with Gasteiger partial charge in [0.15, 0.2) is 29.3 Å². The molecular weight excluding hydrogens is 550 g/mol. The number of amides is 1. The van der Waals surface area contributed by atoms with Crippen LogP contribution in [0.5, 0.6) is 0 Å². The minimum absolute atomic E-state index is 0.000245. The molecule has 0 aliphatic carbocycles. The Balaban J connectivity index is 1.52. The van der Waals surface area contributed by atoms with Crippen molar-refractivity contribution in [2.24, 2.45) is 5.92 Å².